The van der Waals surface area contributed by atoms with Gasteiger partial charge in [0.1, 0.15) is 0 Å². The van der Waals surface area contributed by atoms with Gasteiger partial charge < -0.3 is 10.4 Å². The first-order chi connectivity index (χ1) is 8.99. The summed E-state index contributed by atoms with van der Waals surface area (Å²) >= 11 is 6.51. The number of carboxylic acid groups (broad SMARTS) is 1. The highest BCUT2D eigenvalue weighted by molar-refractivity contribution is 9.11. The van der Waals surface area contributed by atoms with Crippen molar-refractivity contribution in [1.29, 1.82) is 0 Å². The van der Waals surface area contributed by atoms with Crippen molar-refractivity contribution in [1.82, 2.24) is 0 Å². The number of halogens is 2. The summed E-state index contributed by atoms with van der Waals surface area (Å²) < 4.78 is 1.18. The number of hydrogen-bond acceptors (Lipinski definition) is 2. The quantitative estimate of drug-likeness (QED) is 0.773. The molecule has 0 saturated heterocycles. The van der Waals surface area contributed by atoms with Crippen molar-refractivity contribution < 1.29 is 14.7 Å². The predicted octanol–water partition coefficient (Wildman–Crippen LogP) is 3.81. The highest BCUT2D eigenvalue weighted by Crippen LogP contribution is 2.32. The van der Waals surface area contributed by atoms with E-state index in [1.165, 1.54) is 6.07 Å². The Hall–Kier alpha value is -1.14. The maximum absolute atomic E-state index is 12.1. The molecular weight excluding hydrogens is 378 g/mol. The maximum atomic E-state index is 12.1. The number of allylic oxidation sites excluding steroid dienone is 2. The van der Waals surface area contributed by atoms with E-state index in [4.69, 9.17) is 0 Å². The minimum atomic E-state index is -1.08. The molecular formula is C13H11Br2NO3. The topological polar surface area (TPSA) is 66.4 Å². The molecule has 6 heteroatoms. The number of rotatable bonds is 3. The smallest absolute Gasteiger partial charge is 0.337 e. The minimum Gasteiger partial charge on any atom is -0.478 e. The number of nitrogens with one attached hydrogen (secondary N) is 1. The molecule has 0 heterocycles. The molecule has 0 spiro atoms. The van der Waals surface area contributed by atoms with Gasteiger partial charge in [-0.25, -0.2) is 4.79 Å². The molecule has 0 unspecified atom stereocenters. The Morgan fingerprint density at radius 2 is 1.84 bits per heavy atom. The molecule has 1 aromatic rings. The average molecular weight is 389 g/mol. The van der Waals surface area contributed by atoms with E-state index in [1.54, 1.807) is 6.07 Å². The Kier molecular flexibility index (Phi) is 4.42. The van der Waals surface area contributed by atoms with Crippen LogP contribution in [0.15, 0.2) is 33.2 Å². The van der Waals surface area contributed by atoms with E-state index in [2.05, 4.69) is 37.2 Å². The summed E-state index contributed by atoms with van der Waals surface area (Å²) in [5, 5.41) is 11.9. The first-order valence-corrected chi connectivity index (χ1v) is 7.26. The van der Waals surface area contributed by atoms with Crippen molar-refractivity contribution >= 4 is 49.4 Å². The molecule has 1 amide bonds. The van der Waals surface area contributed by atoms with E-state index < -0.39 is 5.97 Å². The fourth-order valence-corrected chi connectivity index (χ4v) is 3.25. The second-order valence-corrected chi connectivity index (χ2v) is 6.01. The van der Waals surface area contributed by atoms with Gasteiger partial charge in [0, 0.05) is 14.9 Å². The summed E-state index contributed by atoms with van der Waals surface area (Å²) in [5.41, 5.74) is 0.355. The van der Waals surface area contributed by atoms with Crippen LogP contribution < -0.4 is 5.32 Å². The molecule has 4 nitrogen and oxygen atoms in total. The summed E-state index contributed by atoms with van der Waals surface area (Å²) in [5.74, 6) is -1.35. The normalized spacial score (nSPS) is 14.6. The van der Waals surface area contributed by atoms with Crippen LogP contribution in [-0.4, -0.2) is 17.0 Å². The SMILES string of the molecule is O=C(O)c1cc(Br)cc(Br)c1NC(=O)C1CC=CC1. The van der Waals surface area contributed by atoms with Crippen LogP contribution in [0.3, 0.4) is 0 Å². The van der Waals surface area contributed by atoms with Gasteiger partial charge in [0.15, 0.2) is 0 Å². The Labute approximate surface area is 127 Å². The zero-order chi connectivity index (χ0) is 14.0. The van der Waals surface area contributed by atoms with Crippen LogP contribution in [0.2, 0.25) is 0 Å². The van der Waals surface area contributed by atoms with E-state index >= 15 is 0 Å². The van der Waals surface area contributed by atoms with Gasteiger partial charge in [-0.3, -0.25) is 4.79 Å². The highest BCUT2D eigenvalue weighted by atomic mass is 79.9. The number of hydrogen-bond donors (Lipinski definition) is 2. The van der Waals surface area contributed by atoms with Crippen LogP contribution in [0.4, 0.5) is 5.69 Å². The van der Waals surface area contributed by atoms with Gasteiger partial charge in [0.05, 0.1) is 11.3 Å². The molecule has 0 aliphatic heterocycles. The van der Waals surface area contributed by atoms with Crippen LogP contribution in [0.1, 0.15) is 23.2 Å². The van der Waals surface area contributed by atoms with E-state index in [0.29, 0.717) is 27.5 Å². The lowest BCUT2D eigenvalue weighted by atomic mass is 10.1. The highest BCUT2D eigenvalue weighted by Gasteiger charge is 2.22. The number of anilines is 1. The van der Waals surface area contributed by atoms with E-state index in [1.807, 2.05) is 12.2 Å². The van der Waals surface area contributed by atoms with Crippen LogP contribution in [0.25, 0.3) is 0 Å². The van der Waals surface area contributed by atoms with E-state index in [9.17, 15) is 14.7 Å². The summed E-state index contributed by atoms with van der Waals surface area (Å²) in [4.78, 5) is 23.3. The Morgan fingerprint density at radius 3 is 2.42 bits per heavy atom. The van der Waals surface area contributed by atoms with Crippen molar-refractivity contribution in [3.8, 4) is 0 Å². The fraction of sp³-hybridized carbons (Fsp3) is 0.231. The van der Waals surface area contributed by atoms with Gasteiger partial charge in [0.2, 0.25) is 5.91 Å². The third-order valence-corrected chi connectivity index (χ3v) is 4.00. The van der Waals surface area contributed by atoms with Crippen LogP contribution >= 0.6 is 31.9 Å². The zero-order valence-electron chi connectivity index (χ0n) is 9.82. The molecule has 2 N–H and O–H groups in total. The third-order valence-electron chi connectivity index (χ3n) is 2.91. The molecule has 100 valence electrons. The van der Waals surface area contributed by atoms with Gasteiger partial charge in [-0.1, -0.05) is 28.1 Å². The molecule has 0 fully saturated rings. The average Bonchev–Trinajstić information content (AvgIpc) is 2.85. The number of carboxylic acids is 1. The van der Waals surface area contributed by atoms with Crippen molar-refractivity contribution in [2.24, 2.45) is 5.92 Å². The lowest BCUT2D eigenvalue weighted by Crippen LogP contribution is -2.22. The van der Waals surface area contributed by atoms with Gasteiger partial charge in [-0.15, -0.1) is 0 Å². The largest absolute Gasteiger partial charge is 0.478 e. The summed E-state index contributed by atoms with van der Waals surface area (Å²) in [6.45, 7) is 0. The molecule has 0 radical (unpaired) electrons. The van der Waals surface area contributed by atoms with Crippen molar-refractivity contribution in [3.05, 3.63) is 38.8 Å². The first-order valence-electron chi connectivity index (χ1n) is 5.67. The monoisotopic (exact) mass is 387 g/mol. The summed E-state index contributed by atoms with van der Waals surface area (Å²) in [7, 11) is 0. The number of aromatic carboxylic acids is 1. The zero-order valence-corrected chi connectivity index (χ0v) is 13.0. The van der Waals surface area contributed by atoms with Crippen molar-refractivity contribution in [3.63, 3.8) is 0 Å². The second-order valence-electron chi connectivity index (χ2n) is 4.24. The fourth-order valence-electron chi connectivity index (χ4n) is 1.93. The molecule has 1 aliphatic rings. The molecule has 19 heavy (non-hydrogen) atoms. The van der Waals surface area contributed by atoms with Crippen LogP contribution in [-0.2, 0) is 4.79 Å². The molecule has 0 atom stereocenters. The summed E-state index contributed by atoms with van der Waals surface area (Å²) in [6.07, 6.45) is 5.31. The second kappa shape index (κ2) is 5.88. The molecule has 1 aliphatic carbocycles. The Morgan fingerprint density at radius 1 is 1.21 bits per heavy atom. The third kappa shape index (κ3) is 3.25. The molecule has 0 bridgehead atoms. The van der Waals surface area contributed by atoms with Gasteiger partial charge in [-0.2, -0.15) is 0 Å². The molecule has 2 rings (SSSR count). The first kappa shape index (κ1) is 14.3. The predicted molar refractivity (Wildman–Crippen MR) is 79.3 cm³/mol. The van der Waals surface area contributed by atoms with Crippen molar-refractivity contribution in [2.75, 3.05) is 5.32 Å². The van der Waals surface area contributed by atoms with Crippen LogP contribution in [0.5, 0.6) is 0 Å². The number of carbonyl (C=O) groups is 2. The van der Waals surface area contributed by atoms with Gasteiger partial charge >= 0.3 is 5.97 Å². The van der Waals surface area contributed by atoms with Gasteiger partial charge in [-0.05, 0) is 40.9 Å². The Balaban J connectivity index is 2.28. The lowest BCUT2D eigenvalue weighted by Gasteiger charge is -2.14. The molecule has 0 aromatic heterocycles. The van der Waals surface area contributed by atoms with Crippen LogP contribution in [0, 0.1) is 5.92 Å². The molecule has 0 saturated carbocycles. The molecule has 1 aromatic carbocycles. The van der Waals surface area contributed by atoms with Gasteiger partial charge in [0.25, 0.3) is 0 Å². The standard InChI is InChI=1S/C13H11Br2NO3/c14-8-5-9(13(18)19)11(10(15)6-8)16-12(17)7-3-1-2-4-7/h1-2,5-7H,3-4H2,(H,16,17)(H,18,19). The minimum absolute atomic E-state index is 0.0561. The number of benzene rings is 1. The Bertz CT molecular complexity index is 561. The number of amides is 1. The number of carbonyl (C=O) groups excluding carboxylic acids is 1. The van der Waals surface area contributed by atoms with Crippen molar-refractivity contribution in [2.45, 2.75) is 12.8 Å². The summed E-state index contributed by atoms with van der Waals surface area (Å²) in [6, 6.07) is 3.17. The maximum Gasteiger partial charge on any atom is 0.337 e. The van der Waals surface area contributed by atoms with E-state index in [-0.39, 0.29) is 17.4 Å². The van der Waals surface area contributed by atoms with E-state index in [0.717, 1.165) is 0 Å². The lowest BCUT2D eigenvalue weighted by molar-refractivity contribution is -0.119.